The summed E-state index contributed by atoms with van der Waals surface area (Å²) < 4.78 is 16.9. The van der Waals surface area contributed by atoms with Crippen LogP contribution in [0.15, 0.2) is 60.7 Å². The molecule has 1 unspecified atom stereocenters. The highest BCUT2D eigenvalue weighted by Gasteiger charge is 2.23. The highest BCUT2D eigenvalue weighted by Crippen LogP contribution is 2.21. The van der Waals surface area contributed by atoms with Gasteiger partial charge < -0.3 is 0 Å². The lowest BCUT2D eigenvalue weighted by Crippen LogP contribution is -2.08. The average Bonchev–Trinajstić information content (AvgIpc) is 2.46. The first-order valence-electron chi connectivity index (χ1n) is 5.51. The van der Waals surface area contributed by atoms with Crippen molar-refractivity contribution in [3.63, 3.8) is 0 Å². The third kappa shape index (κ3) is 3.33. The summed E-state index contributed by atoms with van der Waals surface area (Å²) in [5.74, 6) is -0.171. The first-order valence-corrected chi connectivity index (χ1v) is 6.68. The van der Waals surface area contributed by atoms with Crippen LogP contribution in [0.1, 0.15) is 10.4 Å². The van der Waals surface area contributed by atoms with E-state index in [9.17, 15) is 9.36 Å². The second kappa shape index (κ2) is 6.20. The molecule has 0 aromatic heterocycles. The number of ketones is 1. The Hall–Kier alpha value is -1.83. The number of benzene rings is 2. The zero-order chi connectivity index (χ0) is 12.8. The van der Waals surface area contributed by atoms with E-state index in [1.165, 1.54) is 0 Å². The topological polar surface area (TPSA) is 43.4 Å². The van der Waals surface area contributed by atoms with Gasteiger partial charge in [-0.2, -0.15) is 0 Å². The van der Waals surface area contributed by atoms with Crippen molar-refractivity contribution >= 4 is 19.1 Å². The van der Waals surface area contributed by atoms with E-state index in [2.05, 4.69) is 0 Å². The fourth-order valence-electron chi connectivity index (χ4n) is 1.45. The zero-order valence-electron chi connectivity index (χ0n) is 9.65. The average molecular weight is 259 g/mol. The zero-order valence-corrected chi connectivity index (χ0v) is 10.5. The van der Waals surface area contributed by atoms with E-state index >= 15 is 0 Å². The van der Waals surface area contributed by atoms with Crippen LogP contribution >= 0.6 is 8.03 Å². The van der Waals surface area contributed by atoms with Crippen LogP contribution in [0.25, 0.3) is 0 Å². The Morgan fingerprint density at radius 3 is 2.11 bits per heavy atom. The molecule has 0 radical (unpaired) electrons. The van der Waals surface area contributed by atoms with Crippen LogP contribution in [-0.2, 0) is 9.09 Å². The number of carbonyl (C=O) groups excluding carboxylic acids is 1. The molecule has 3 nitrogen and oxygen atoms in total. The van der Waals surface area contributed by atoms with Crippen molar-refractivity contribution in [3.05, 3.63) is 66.2 Å². The fourth-order valence-corrected chi connectivity index (χ4v) is 2.25. The van der Waals surface area contributed by atoms with Crippen molar-refractivity contribution in [1.29, 1.82) is 0 Å². The molecule has 0 bridgehead atoms. The van der Waals surface area contributed by atoms with Crippen LogP contribution < -0.4 is 5.30 Å². The smallest absolute Gasteiger partial charge is 0.291 e. The van der Waals surface area contributed by atoms with Gasteiger partial charge in [0.05, 0.1) is 0 Å². The maximum Gasteiger partial charge on any atom is 0.549 e. The summed E-state index contributed by atoms with van der Waals surface area (Å²) in [7, 11) is -1.97. The van der Waals surface area contributed by atoms with Gasteiger partial charge in [0.15, 0.2) is 12.4 Å². The molecular weight excluding hydrogens is 247 g/mol. The van der Waals surface area contributed by atoms with Crippen molar-refractivity contribution < 1.29 is 13.9 Å². The summed E-state index contributed by atoms with van der Waals surface area (Å²) in [4.78, 5) is 11.7. The highest BCUT2D eigenvalue weighted by molar-refractivity contribution is 7.48. The predicted octanol–water partition coefficient (Wildman–Crippen LogP) is 2.95. The van der Waals surface area contributed by atoms with Crippen molar-refractivity contribution in [1.82, 2.24) is 0 Å². The first kappa shape index (κ1) is 12.6. The van der Waals surface area contributed by atoms with E-state index in [0.717, 1.165) is 0 Å². The van der Waals surface area contributed by atoms with E-state index in [-0.39, 0.29) is 12.4 Å². The van der Waals surface area contributed by atoms with Crippen LogP contribution in [0, 0.1) is 0 Å². The van der Waals surface area contributed by atoms with E-state index in [4.69, 9.17) is 4.52 Å². The molecule has 18 heavy (non-hydrogen) atoms. The van der Waals surface area contributed by atoms with Gasteiger partial charge in [-0.15, -0.1) is 4.52 Å². The predicted molar refractivity (Wildman–Crippen MR) is 70.4 cm³/mol. The Labute approximate surface area is 106 Å². The monoisotopic (exact) mass is 259 g/mol. The van der Waals surface area contributed by atoms with E-state index in [0.29, 0.717) is 10.9 Å². The molecule has 0 aliphatic carbocycles. The molecule has 2 rings (SSSR count). The lowest BCUT2D eigenvalue weighted by Gasteiger charge is -1.95. The molecule has 0 aliphatic rings. The largest absolute Gasteiger partial charge is 0.549 e. The molecule has 0 heterocycles. The maximum atomic E-state index is 11.8. The normalized spacial score (nSPS) is 11.0. The molecule has 0 aliphatic heterocycles. The van der Waals surface area contributed by atoms with Gasteiger partial charge in [0.2, 0.25) is 5.30 Å². The lowest BCUT2D eigenvalue weighted by molar-refractivity contribution is 0.0928. The summed E-state index contributed by atoms with van der Waals surface area (Å²) >= 11 is 0. The van der Waals surface area contributed by atoms with Crippen molar-refractivity contribution in [3.8, 4) is 0 Å². The molecule has 0 spiro atoms. The Kier molecular flexibility index (Phi) is 4.35. The number of hydrogen-bond donors (Lipinski definition) is 0. The Balaban J connectivity index is 1.93. The lowest BCUT2D eigenvalue weighted by atomic mass is 10.1. The Morgan fingerprint density at radius 2 is 1.50 bits per heavy atom. The van der Waals surface area contributed by atoms with Crippen LogP contribution in [-0.4, -0.2) is 12.4 Å². The first-order chi connectivity index (χ1) is 8.77. The second-order valence-corrected chi connectivity index (χ2v) is 4.94. The summed E-state index contributed by atoms with van der Waals surface area (Å²) in [6, 6.07) is 17.6. The molecule has 0 fully saturated rings. The molecular formula is C14H12O3P+. The van der Waals surface area contributed by atoms with Gasteiger partial charge in [0.1, 0.15) is 0 Å². The third-order valence-electron chi connectivity index (χ3n) is 2.38. The van der Waals surface area contributed by atoms with E-state index in [1.807, 2.05) is 12.1 Å². The molecule has 4 heteroatoms. The molecule has 2 aromatic rings. The summed E-state index contributed by atoms with van der Waals surface area (Å²) in [5.41, 5.74) is 0.564. The molecule has 0 saturated heterocycles. The van der Waals surface area contributed by atoms with E-state index in [1.54, 1.807) is 48.5 Å². The van der Waals surface area contributed by atoms with Gasteiger partial charge in [0.25, 0.3) is 0 Å². The van der Waals surface area contributed by atoms with Gasteiger partial charge in [-0.3, -0.25) is 4.79 Å². The van der Waals surface area contributed by atoms with Gasteiger partial charge >= 0.3 is 8.03 Å². The van der Waals surface area contributed by atoms with Gasteiger partial charge in [-0.25, -0.2) is 0 Å². The molecule has 0 saturated carbocycles. The molecule has 2 aromatic carbocycles. The fraction of sp³-hybridized carbons (Fsp3) is 0.0714. The van der Waals surface area contributed by atoms with Crippen LogP contribution in [0.4, 0.5) is 0 Å². The number of hydrogen-bond acceptors (Lipinski definition) is 3. The second-order valence-electron chi connectivity index (χ2n) is 3.66. The van der Waals surface area contributed by atoms with Gasteiger partial charge in [0, 0.05) is 5.56 Å². The van der Waals surface area contributed by atoms with Crippen LogP contribution in [0.3, 0.4) is 0 Å². The number of Topliss-reactive ketones (excluding diaryl/α,β-unsaturated/α-hetero) is 1. The summed E-state index contributed by atoms with van der Waals surface area (Å²) in [5, 5.41) is 0.591. The Morgan fingerprint density at radius 1 is 0.944 bits per heavy atom. The molecule has 90 valence electrons. The SMILES string of the molecule is O=C(CO[P+](=O)c1ccccc1)c1ccccc1. The standard InChI is InChI=1S/C14H12O3P/c15-14(12-7-3-1-4-8-12)11-17-18(16)13-9-5-2-6-10-13/h1-10H,11H2/q+1. The number of carbonyl (C=O) groups is 1. The van der Waals surface area contributed by atoms with Crippen molar-refractivity contribution in [2.24, 2.45) is 0 Å². The minimum atomic E-state index is -1.97. The van der Waals surface area contributed by atoms with Crippen molar-refractivity contribution in [2.75, 3.05) is 6.61 Å². The highest BCUT2D eigenvalue weighted by atomic mass is 31.1. The summed E-state index contributed by atoms with van der Waals surface area (Å²) in [6.45, 7) is -0.173. The van der Waals surface area contributed by atoms with Gasteiger partial charge in [-0.05, 0) is 16.7 Å². The van der Waals surface area contributed by atoms with Crippen LogP contribution in [0.5, 0.6) is 0 Å². The van der Waals surface area contributed by atoms with E-state index < -0.39 is 8.03 Å². The van der Waals surface area contributed by atoms with Crippen LogP contribution in [0.2, 0.25) is 0 Å². The summed E-state index contributed by atoms with van der Waals surface area (Å²) in [6.07, 6.45) is 0. The minimum absolute atomic E-state index is 0.171. The number of rotatable bonds is 5. The minimum Gasteiger partial charge on any atom is -0.291 e. The third-order valence-corrected chi connectivity index (χ3v) is 3.46. The Bertz CT molecular complexity index is 486. The molecule has 0 amide bonds. The quantitative estimate of drug-likeness (QED) is 0.612. The molecule has 1 atom stereocenters. The van der Waals surface area contributed by atoms with Crippen molar-refractivity contribution in [2.45, 2.75) is 0 Å². The maximum absolute atomic E-state index is 11.8. The van der Waals surface area contributed by atoms with Gasteiger partial charge in [-0.1, -0.05) is 48.5 Å². The molecule has 0 N–H and O–H groups in total.